The number of anilines is 1. The molecule has 4 heterocycles. The average molecular weight is 432 g/mol. The molecule has 3 aromatic heterocycles. The fourth-order valence-electron chi connectivity index (χ4n) is 4.69. The van der Waals surface area contributed by atoms with Gasteiger partial charge in [-0.25, -0.2) is 9.78 Å². The van der Waals surface area contributed by atoms with E-state index in [1.165, 1.54) is 0 Å². The van der Waals surface area contributed by atoms with Gasteiger partial charge in [-0.3, -0.25) is 4.98 Å². The molecule has 5 rings (SSSR count). The van der Waals surface area contributed by atoms with E-state index in [2.05, 4.69) is 40.1 Å². The van der Waals surface area contributed by atoms with Crippen molar-refractivity contribution < 1.29 is 4.42 Å². The molecule has 1 saturated heterocycles. The van der Waals surface area contributed by atoms with E-state index in [-0.39, 0.29) is 5.63 Å². The zero-order valence-electron chi connectivity index (χ0n) is 19.1. The van der Waals surface area contributed by atoms with Gasteiger partial charge in [-0.1, -0.05) is 13.8 Å². The van der Waals surface area contributed by atoms with Gasteiger partial charge in [0.2, 0.25) is 0 Å². The number of imidazole rings is 1. The lowest BCUT2D eigenvalue weighted by Gasteiger charge is -2.35. The summed E-state index contributed by atoms with van der Waals surface area (Å²) in [6, 6.07) is 9.08. The van der Waals surface area contributed by atoms with Crippen LogP contribution in [0.5, 0.6) is 0 Å². The van der Waals surface area contributed by atoms with Crippen LogP contribution >= 0.6 is 0 Å². The molecule has 0 radical (unpaired) electrons. The Kier molecular flexibility index (Phi) is 5.21. The number of nitrogens with one attached hydrogen (secondary N) is 1. The second-order valence-corrected chi connectivity index (χ2v) is 9.08. The van der Waals surface area contributed by atoms with Crippen LogP contribution in [-0.2, 0) is 0 Å². The van der Waals surface area contributed by atoms with Gasteiger partial charge >= 0.3 is 5.63 Å². The lowest BCUT2D eigenvalue weighted by atomic mass is 10.0. The molecule has 1 N–H and O–H groups in total. The number of aromatic nitrogens is 3. The standard InChI is InChI=1S/C25H29N5O2/c1-15(2)26-19-7-9-29(10-8-19)20-6-5-18-11-21(25(31)32-23(18)12-20)22-14-30-13-16(3)27-17(4)24(30)28-22/h5-6,11-15,19,26H,7-10H2,1-4H3. The van der Waals surface area contributed by atoms with E-state index in [1.807, 2.05) is 48.8 Å². The predicted octanol–water partition coefficient (Wildman–Crippen LogP) is 4.09. The molecule has 1 aromatic carbocycles. The van der Waals surface area contributed by atoms with E-state index in [0.717, 1.165) is 54.0 Å². The molecule has 7 nitrogen and oxygen atoms in total. The molecule has 32 heavy (non-hydrogen) atoms. The van der Waals surface area contributed by atoms with Crippen molar-refractivity contribution in [1.29, 1.82) is 0 Å². The molecule has 166 valence electrons. The third-order valence-electron chi connectivity index (χ3n) is 6.15. The highest BCUT2D eigenvalue weighted by atomic mass is 16.4. The third kappa shape index (κ3) is 3.88. The number of fused-ring (bicyclic) bond motifs is 2. The number of rotatable bonds is 4. The maximum atomic E-state index is 12.8. The summed E-state index contributed by atoms with van der Waals surface area (Å²) in [4.78, 5) is 24.3. The molecule has 0 bridgehead atoms. The first-order valence-corrected chi connectivity index (χ1v) is 11.3. The summed E-state index contributed by atoms with van der Waals surface area (Å²) < 4.78 is 7.66. The van der Waals surface area contributed by atoms with Gasteiger partial charge in [0.1, 0.15) is 5.58 Å². The van der Waals surface area contributed by atoms with Crippen LogP contribution in [0.4, 0.5) is 5.69 Å². The molecule has 1 aliphatic heterocycles. The number of benzene rings is 1. The first kappa shape index (κ1) is 20.7. The Labute approximate surface area is 187 Å². The smallest absolute Gasteiger partial charge is 0.345 e. The van der Waals surface area contributed by atoms with Crippen LogP contribution in [0.15, 0.2) is 45.9 Å². The SMILES string of the molecule is Cc1cn2cc(-c3cc4ccc(N5CCC(NC(C)C)CC5)cc4oc3=O)nc2c(C)n1. The summed E-state index contributed by atoms with van der Waals surface area (Å²) in [6.45, 7) is 10.2. The Morgan fingerprint density at radius 1 is 1.09 bits per heavy atom. The highest BCUT2D eigenvalue weighted by Gasteiger charge is 2.20. The number of piperidine rings is 1. The van der Waals surface area contributed by atoms with Crippen molar-refractivity contribution >= 4 is 22.3 Å². The first-order chi connectivity index (χ1) is 15.4. The lowest BCUT2D eigenvalue weighted by molar-refractivity contribution is 0.387. The number of aryl methyl sites for hydroxylation is 2. The monoisotopic (exact) mass is 431 g/mol. The lowest BCUT2D eigenvalue weighted by Crippen LogP contribution is -2.44. The Morgan fingerprint density at radius 2 is 1.88 bits per heavy atom. The fraction of sp³-hybridized carbons (Fsp3) is 0.400. The largest absolute Gasteiger partial charge is 0.422 e. The number of nitrogens with zero attached hydrogens (tertiary/aromatic N) is 4. The Hall–Kier alpha value is -3.19. The molecule has 1 aliphatic rings. The molecule has 1 fully saturated rings. The van der Waals surface area contributed by atoms with Gasteiger partial charge in [0.25, 0.3) is 0 Å². The predicted molar refractivity (Wildman–Crippen MR) is 127 cm³/mol. The molecule has 0 atom stereocenters. The normalized spacial score (nSPS) is 15.3. The van der Waals surface area contributed by atoms with Crippen molar-refractivity contribution in [2.45, 2.75) is 52.6 Å². The summed E-state index contributed by atoms with van der Waals surface area (Å²) in [6.07, 6.45) is 5.99. The van der Waals surface area contributed by atoms with Gasteiger partial charge in [0.05, 0.1) is 22.6 Å². The summed E-state index contributed by atoms with van der Waals surface area (Å²) in [7, 11) is 0. The van der Waals surface area contributed by atoms with Crippen LogP contribution in [0.3, 0.4) is 0 Å². The Balaban J connectivity index is 1.44. The minimum atomic E-state index is -0.375. The topological polar surface area (TPSA) is 75.7 Å². The summed E-state index contributed by atoms with van der Waals surface area (Å²) >= 11 is 0. The Bertz CT molecular complexity index is 1350. The molecule has 4 aromatic rings. The maximum Gasteiger partial charge on any atom is 0.345 e. The van der Waals surface area contributed by atoms with Crippen LogP contribution in [0.1, 0.15) is 38.1 Å². The van der Waals surface area contributed by atoms with E-state index in [0.29, 0.717) is 28.9 Å². The van der Waals surface area contributed by atoms with E-state index in [9.17, 15) is 4.79 Å². The van der Waals surface area contributed by atoms with E-state index >= 15 is 0 Å². The first-order valence-electron chi connectivity index (χ1n) is 11.3. The van der Waals surface area contributed by atoms with E-state index in [4.69, 9.17) is 4.42 Å². The molecule has 0 amide bonds. The van der Waals surface area contributed by atoms with Crippen molar-refractivity contribution in [2.75, 3.05) is 18.0 Å². The van der Waals surface area contributed by atoms with Crippen molar-refractivity contribution in [3.63, 3.8) is 0 Å². The zero-order chi connectivity index (χ0) is 22.4. The van der Waals surface area contributed by atoms with Gasteiger partial charge < -0.3 is 19.0 Å². The van der Waals surface area contributed by atoms with Crippen LogP contribution in [-0.4, -0.2) is 39.5 Å². The maximum absolute atomic E-state index is 12.8. The van der Waals surface area contributed by atoms with Gasteiger partial charge in [-0.2, -0.15) is 0 Å². The van der Waals surface area contributed by atoms with E-state index < -0.39 is 0 Å². The quantitative estimate of drug-likeness (QED) is 0.491. The zero-order valence-corrected chi connectivity index (χ0v) is 19.1. The van der Waals surface area contributed by atoms with Crippen molar-refractivity contribution in [3.05, 3.63) is 58.5 Å². The second-order valence-electron chi connectivity index (χ2n) is 9.08. The third-order valence-corrected chi connectivity index (χ3v) is 6.15. The van der Waals surface area contributed by atoms with Crippen molar-refractivity contribution in [1.82, 2.24) is 19.7 Å². The van der Waals surface area contributed by atoms with Crippen LogP contribution < -0.4 is 15.8 Å². The number of hydrogen-bond donors (Lipinski definition) is 1. The van der Waals surface area contributed by atoms with Crippen molar-refractivity contribution in [2.24, 2.45) is 0 Å². The molecule has 0 aliphatic carbocycles. The fourth-order valence-corrected chi connectivity index (χ4v) is 4.69. The Morgan fingerprint density at radius 3 is 2.62 bits per heavy atom. The molecule has 0 unspecified atom stereocenters. The summed E-state index contributed by atoms with van der Waals surface area (Å²) in [5.74, 6) is 0. The molecular formula is C25H29N5O2. The van der Waals surface area contributed by atoms with E-state index in [1.54, 1.807) is 0 Å². The second kappa shape index (κ2) is 8.06. The van der Waals surface area contributed by atoms with Crippen LogP contribution in [0.25, 0.3) is 27.9 Å². The van der Waals surface area contributed by atoms with Gasteiger partial charge in [0, 0.05) is 54.7 Å². The molecule has 0 saturated carbocycles. The summed E-state index contributed by atoms with van der Waals surface area (Å²) in [5.41, 5.74) is 4.87. The van der Waals surface area contributed by atoms with Gasteiger partial charge in [-0.05, 0) is 44.9 Å². The minimum Gasteiger partial charge on any atom is -0.422 e. The number of hydrogen-bond acceptors (Lipinski definition) is 6. The van der Waals surface area contributed by atoms with Gasteiger partial charge in [0.15, 0.2) is 5.65 Å². The molecule has 7 heteroatoms. The minimum absolute atomic E-state index is 0.375. The average Bonchev–Trinajstić information content (AvgIpc) is 3.17. The van der Waals surface area contributed by atoms with Gasteiger partial charge in [-0.15, -0.1) is 0 Å². The molecular weight excluding hydrogens is 402 g/mol. The van der Waals surface area contributed by atoms with Crippen LogP contribution in [0, 0.1) is 13.8 Å². The highest BCUT2D eigenvalue weighted by molar-refractivity contribution is 5.84. The van der Waals surface area contributed by atoms with Crippen LogP contribution in [0.2, 0.25) is 0 Å². The molecule has 0 spiro atoms. The van der Waals surface area contributed by atoms with Crippen molar-refractivity contribution in [3.8, 4) is 11.3 Å². The summed E-state index contributed by atoms with van der Waals surface area (Å²) in [5, 5.41) is 4.52. The highest BCUT2D eigenvalue weighted by Crippen LogP contribution is 2.27.